The van der Waals surface area contributed by atoms with Gasteiger partial charge in [-0.15, -0.1) is 0 Å². The molecular formula is C30H22N2O2S2. The minimum Gasteiger partial charge on any atom is -0.497 e. The summed E-state index contributed by atoms with van der Waals surface area (Å²) >= 11 is 6.91. The van der Waals surface area contributed by atoms with Crippen molar-refractivity contribution in [1.29, 1.82) is 0 Å². The van der Waals surface area contributed by atoms with Crippen LogP contribution in [0.4, 0.5) is 5.69 Å². The van der Waals surface area contributed by atoms with E-state index < -0.39 is 0 Å². The first kappa shape index (κ1) is 22.6. The van der Waals surface area contributed by atoms with Gasteiger partial charge >= 0.3 is 0 Å². The molecule has 6 rings (SSSR count). The summed E-state index contributed by atoms with van der Waals surface area (Å²) in [5.41, 5.74) is 4.12. The fourth-order valence-corrected chi connectivity index (χ4v) is 5.99. The Morgan fingerprint density at radius 2 is 1.61 bits per heavy atom. The van der Waals surface area contributed by atoms with E-state index in [1.807, 2.05) is 36.4 Å². The molecule has 1 fully saturated rings. The summed E-state index contributed by atoms with van der Waals surface area (Å²) in [6.07, 6.45) is 4.09. The van der Waals surface area contributed by atoms with Crippen LogP contribution in [-0.2, 0) is 11.3 Å². The molecule has 6 heteroatoms. The fraction of sp³-hybridized carbons (Fsp3) is 0.0667. The normalized spacial score (nSPS) is 14.9. The Morgan fingerprint density at radius 1 is 0.889 bits per heavy atom. The van der Waals surface area contributed by atoms with E-state index in [9.17, 15) is 4.79 Å². The van der Waals surface area contributed by atoms with E-state index in [2.05, 4.69) is 71.4 Å². The van der Waals surface area contributed by atoms with E-state index in [0.717, 1.165) is 34.4 Å². The number of nitrogens with zero attached hydrogens (tertiary/aromatic N) is 2. The number of carbonyl (C=O) groups is 1. The highest BCUT2D eigenvalue weighted by molar-refractivity contribution is 8.27. The van der Waals surface area contributed by atoms with Gasteiger partial charge in [-0.05, 0) is 52.7 Å². The predicted octanol–water partition coefficient (Wildman–Crippen LogP) is 7.26. The molecule has 1 saturated heterocycles. The molecule has 1 amide bonds. The van der Waals surface area contributed by atoms with Gasteiger partial charge in [0, 0.05) is 29.2 Å². The Balaban J connectivity index is 1.37. The molecule has 1 aromatic heterocycles. The number of methoxy groups -OCH3 is 1. The average molecular weight is 507 g/mol. The van der Waals surface area contributed by atoms with Gasteiger partial charge in [0.2, 0.25) is 0 Å². The topological polar surface area (TPSA) is 34.5 Å². The smallest absolute Gasteiger partial charge is 0.270 e. The number of benzene rings is 4. The zero-order valence-corrected chi connectivity index (χ0v) is 21.2. The van der Waals surface area contributed by atoms with Crippen molar-refractivity contribution < 1.29 is 9.53 Å². The van der Waals surface area contributed by atoms with Gasteiger partial charge in [-0.1, -0.05) is 84.6 Å². The molecule has 0 aliphatic carbocycles. The monoisotopic (exact) mass is 506 g/mol. The molecule has 4 aromatic carbocycles. The number of ether oxygens (including phenoxy) is 1. The zero-order valence-electron chi connectivity index (χ0n) is 19.5. The number of thioether (sulfide) groups is 1. The first-order valence-corrected chi connectivity index (χ1v) is 12.8. The van der Waals surface area contributed by atoms with E-state index in [4.69, 9.17) is 17.0 Å². The van der Waals surface area contributed by atoms with Crippen LogP contribution in [0, 0.1) is 0 Å². The number of hydrogen-bond acceptors (Lipinski definition) is 4. The second-order valence-electron chi connectivity index (χ2n) is 8.58. The molecule has 4 nitrogen and oxygen atoms in total. The SMILES string of the molecule is COc1ccc(N2C(=O)/C(=C\c3cn(Cc4cccc5ccccc45)c4ccccc34)SC2=S)cc1. The molecule has 176 valence electrons. The van der Waals surface area contributed by atoms with Crippen molar-refractivity contribution in [3.05, 3.63) is 113 Å². The molecule has 2 heterocycles. The summed E-state index contributed by atoms with van der Waals surface area (Å²) in [7, 11) is 1.62. The van der Waals surface area contributed by atoms with Crippen molar-refractivity contribution in [1.82, 2.24) is 4.57 Å². The highest BCUT2D eigenvalue weighted by Crippen LogP contribution is 2.37. The highest BCUT2D eigenvalue weighted by Gasteiger charge is 2.33. The molecule has 0 spiro atoms. The molecule has 5 aromatic rings. The van der Waals surface area contributed by atoms with Crippen molar-refractivity contribution in [3.63, 3.8) is 0 Å². The molecule has 0 unspecified atom stereocenters. The van der Waals surface area contributed by atoms with Crippen LogP contribution in [0.15, 0.2) is 102 Å². The first-order valence-electron chi connectivity index (χ1n) is 11.6. The molecule has 0 N–H and O–H groups in total. The summed E-state index contributed by atoms with van der Waals surface area (Å²) in [6.45, 7) is 0.739. The van der Waals surface area contributed by atoms with Crippen LogP contribution >= 0.6 is 24.0 Å². The molecule has 0 radical (unpaired) electrons. The molecule has 0 bridgehead atoms. The molecule has 36 heavy (non-hydrogen) atoms. The lowest BCUT2D eigenvalue weighted by atomic mass is 10.0. The van der Waals surface area contributed by atoms with E-state index in [-0.39, 0.29) is 5.91 Å². The number of thiocarbonyl (C=S) groups is 1. The van der Waals surface area contributed by atoms with Gasteiger partial charge in [-0.2, -0.15) is 0 Å². The van der Waals surface area contributed by atoms with Crippen LogP contribution in [0.3, 0.4) is 0 Å². The van der Waals surface area contributed by atoms with Crippen LogP contribution in [0.2, 0.25) is 0 Å². The molecule has 0 atom stereocenters. The molecule has 1 aliphatic rings. The van der Waals surface area contributed by atoms with Crippen LogP contribution in [0.25, 0.3) is 27.8 Å². The number of para-hydroxylation sites is 1. The fourth-order valence-electron chi connectivity index (χ4n) is 4.70. The summed E-state index contributed by atoms with van der Waals surface area (Å²) < 4.78 is 8.02. The number of hydrogen-bond donors (Lipinski definition) is 0. The van der Waals surface area contributed by atoms with Gasteiger partial charge in [0.05, 0.1) is 17.7 Å². The average Bonchev–Trinajstić information content (AvgIpc) is 3.40. The number of amides is 1. The molecular weight excluding hydrogens is 484 g/mol. The standard InChI is InChI=1S/C30H22N2O2S2/c1-34-24-15-13-23(14-16-24)32-29(33)28(36-30(32)35)17-22-19-31(27-12-5-4-11-26(22)27)18-21-9-6-8-20-7-2-3-10-25(20)21/h2-17,19H,18H2,1H3/b28-17+. The van der Waals surface area contributed by atoms with Gasteiger partial charge in [0.1, 0.15) is 5.75 Å². The maximum Gasteiger partial charge on any atom is 0.270 e. The summed E-state index contributed by atoms with van der Waals surface area (Å²) in [4.78, 5) is 15.6. The molecule has 0 saturated carbocycles. The number of fused-ring (bicyclic) bond motifs is 2. The van der Waals surface area contributed by atoms with Gasteiger partial charge in [0.15, 0.2) is 4.32 Å². The Labute approximate surface area is 218 Å². The Morgan fingerprint density at radius 3 is 2.42 bits per heavy atom. The van der Waals surface area contributed by atoms with E-state index >= 15 is 0 Å². The van der Waals surface area contributed by atoms with Crippen molar-refractivity contribution >= 4 is 67.6 Å². The van der Waals surface area contributed by atoms with Crippen LogP contribution in [-0.4, -0.2) is 21.9 Å². The lowest BCUT2D eigenvalue weighted by Gasteiger charge is -2.14. The number of rotatable bonds is 5. The second kappa shape index (κ2) is 9.30. The minimum atomic E-state index is -0.110. The lowest BCUT2D eigenvalue weighted by Crippen LogP contribution is -2.27. The first-order chi connectivity index (χ1) is 17.6. The predicted molar refractivity (Wildman–Crippen MR) is 154 cm³/mol. The lowest BCUT2D eigenvalue weighted by molar-refractivity contribution is -0.113. The van der Waals surface area contributed by atoms with E-state index in [1.54, 1.807) is 12.0 Å². The van der Waals surface area contributed by atoms with Crippen molar-refractivity contribution in [3.8, 4) is 5.75 Å². The van der Waals surface area contributed by atoms with Gasteiger partial charge in [0.25, 0.3) is 5.91 Å². The Hall–Kier alpha value is -3.87. The van der Waals surface area contributed by atoms with E-state index in [1.165, 1.54) is 28.1 Å². The Bertz CT molecular complexity index is 1660. The number of anilines is 1. The Kier molecular flexibility index (Phi) is 5.83. The zero-order chi connectivity index (χ0) is 24.6. The summed E-state index contributed by atoms with van der Waals surface area (Å²) in [6, 6.07) is 30.6. The van der Waals surface area contributed by atoms with Crippen molar-refractivity contribution in [2.45, 2.75) is 6.54 Å². The quantitative estimate of drug-likeness (QED) is 0.186. The maximum absolute atomic E-state index is 13.4. The summed E-state index contributed by atoms with van der Waals surface area (Å²) in [5, 5.41) is 3.58. The van der Waals surface area contributed by atoms with Gasteiger partial charge in [-0.25, -0.2) is 0 Å². The maximum atomic E-state index is 13.4. The van der Waals surface area contributed by atoms with Crippen LogP contribution in [0.5, 0.6) is 5.75 Å². The third kappa shape index (κ3) is 3.98. The highest BCUT2D eigenvalue weighted by atomic mass is 32.2. The van der Waals surface area contributed by atoms with Crippen molar-refractivity contribution in [2.24, 2.45) is 0 Å². The third-order valence-corrected chi connectivity index (χ3v) is 7.75. The van der Waals surface area contributed by atoms with Crippen molar-refractivity contribution in [2.75, 3.05) is 12.0 Å². The largest absolute Gasteiger partial charge is 0.497 e. The van der Waals surface area contributed by atoms with E-state index in [0.29, 0.717) is 9.23 Å². The summed E-state index contributed by atoms with van der Waals surface area (Å²) in [5.74, 6) is 0.625. The second-order valence-corrected chi connectivity index (χ2v) is 10.3. The minimum absolute atomic E-state index is 0.110. The molecule has 1 aliphatic heterocycles. The van der Waals surface area contributed by atoms with Crippen LogP contribution < -0.4 is 9.64 Å². The van der Waals surface area contributed by atoms with Gasteiger partial charge in [-0.3, -0.25) is 9.69 Å². The number of carbonyl (C=O) groups excluding carboxylic acids is 1. The number of aromatic nitrogens is 1. The van der Waals surface area contributed by atoms with Gasteiger partial charge < -0.3 is 9.30 Å². The third-order valence-electron chi connectivity index (χ3n) is 6.45. The van der Waals surface area contributed by atoms with Crippen LogP contribution in [0.1, 0.15) is 11.1 Å².